The molecule has 0 aliphatic carbocycles. The third kappa shape index (κ3) is 4.90. The van der Waals surface area contributed by atoms with Gasteiger partial charge in [0.1, 0.15) is 6.61 Å². The van der Waals surface area contributed by atoms with Crippen molar-refractivity contribution in [1.29, 1.82) is 0 Å². The Hall–Kier alpha value is -2.66. The second-order valence-electron chi connectivity index (χ2n) is 5.66. The van der Waals surface area contributed by atoms with Gasteiger partial charge < -0.3 is 9.26 Å². The average molecular weight is 357 g/mol. The molecule has 0 aliphatic heterocycles. The number of carbonyl (C=O) groups excluding carboxylic acids is 1. The molecule has 0 aliphatic rings. The molecule has 0 bridgehead atoms. The van der Waals surface area contributed by atoms with E-state index in [4.69, 9.17) is 20.9 Å². The van der Waals surface area contributed by atoms with Crippen LogP contribution in [0.2, 0.25) is 5.02 Å². The first-order chi connectivity index (χ1) is 12.1. The second-order valence-corrected chi connectivity index (χ2v) is 6.10. The summed E-state index contributed by atoms with van der Waals surface area (Å²) in [5.74, 6) is 0.619. The molecular formula is C19H17ClN2O3. The highest BCUT2D eigenvalue weighted by Crippen LogP contribution is 2.17. The summed E-state index contributed by atoms with van der Waals surface area (Å²) in [7, 11) is 0. The smallest absolute Gasteiger partial charge is 0.306 e. The van der Waals surface area contributed by atoms with Gasteiger partial charge in [0.2, 0.25) is 11.7 Å². The zero-order chi connectivity index (χ0) is 17.6. The lowest BCUT2D eigenvalue weighted by atomic mass is 10.1. The Morgan fingerprint density at radius 3 is 2.56 bits per heavy atom. The van der Waals surface area contributed by atoms with Crippen LogP contribution in [-0.4, -0.2) is 16.1 Å². The van der Waals surface area contributed by atoms with Gasteiger partial charge in [-0.25, -0.2) is 0 Å². The number of nitrogens with zero attached hydrogens (tertiary/aromatic N) is 2. The number of carbonyl (C=O) groups is 1. The summed E-state index contributed by atoms with van der Waals surface area (Å²) in [5, 5.41) is 4.59. The van der Waals surface area contributed by atoms with Crippen LogP contribution in [-0.2, 0) is 22.6 Å². The van der Waals surface area contributed by atoms with E-state index in [1.807, 2.05) is 43.3 Å². The molecule has 0 unspecified atom stereocenters. The molecule has 6 heteroatoms. The van der Waals surface area contributed by atoms with E-state index in [0.29, 0.717) is 23.2 Å². The van der Waals surface area contributed by atoms with E-state index in [-0.39, 0.29) is 19.0 Å². The number of ether oxygens (including phenoxy) is 1. The van der Waals surface area contributed by atoms with Gasteiger partial charge in [-0.05, 0) is 24.6 Å². The number of aromatic nitrogens is 2. The highest BCUT2D eigenvalue weighted by Gasteiger charge is 2.11. The zero-order valence-electron chi connectivity index (χ0n) is 13.7. The maximum Gasteiger partial charge on any atom is 0.306 e. The molecular weight excluding hydrogens is 340 g/mol. The Morgan fingerprint density at radius 1 is 1.12 bits per heavy atom. The van der Waals surface area contributed by atoms with Crippen molar-refractivity contribution in [2.45, 2.75) is 26.4 Å². The molecule has 0 N–H and O–H groups in total. The quantitative estimate of drug-likeness (QED) is 0.613. The Kier molecular flexibility index (Phi) is 5.46. The van der Waals surface area contributed by atoms with Crippen LogP contribution in [0.25, 0.3) is 11.4 Å². The monoisotopic (exact) mass is 356 g/mol. The van der Waals surface area contributed by atoms with E-state index in [2.05, 4.69) is 10.1 Å². The first-order valence-corrected chi connectivity index (χ1v) is 8.27. The predicted molar refractivity (Wildman–Crippen MR) is 94.0 cm³/mol. The molecule has 0 spiro atoms. The number of esters is 1. The van der Waals surface area contributed by atoms with Gasteiger partial charge >= 0.3 is 5.97 Å². The minimum absolute atomic E-state index is 0.184. The topological polar surface area (TPSA) is 65.2 Å². The minimum Gasteiger partial charge on any atom is -0.461 e. The van der Waals surface area contributed by atoms with Crippen LogP contribution in [0, 0.1) is 6.92 Å². The lowest BCUT2D eigenvalue weighted by Crippen LogP contribution is -2.06. The van der Waals surface area contributed by atoms with E-state index >= 15 is 0 Å². The van der Waals surface area contributed by atoms with Crippen LogP contribution in [0.3, 0.4) is 0 Å². The first kappa shape index (κ1) is 17.2. The van der Waals surface area contributed by atoms with E-state index in [0.717, 1.165) is 16.7 Å². The molecule has 0 atom stereocenters. The summed E-state index contributed by atoms with van der Waals surface area (Å²) >= 11 is 5.81. The molecule has 3 rings (SSSR count). The van der Waals surface area contributed by atoms with Crippen LogP contribution >= 0.6 is 11.6 Å². The van der Waals surface area contributed by atoms with Crippen molar-refractivity contribution >= 4 is 17.6 Å². The summed E-state index contributed by atoms with van der Waals surface area (Å²) in [6.45, 7) is 2.23. The van der Waals surface area contributed by atoms with Gasteiger partial charge in [0, 0.05) is 17.0 Å². The maximum atomic E-state index is 11.8. The lowest BCUT2D eigenvalue weighted by Gasteiger charge is -2.04. The van der Waals surface area contributed by atoms with Crippen LogP contribution in [0.5, 0.6) is 0 Å². The number of hydrogen-bond donors (Lipinski definition) is 0. The average Bonchev–Trinajstić information content (AvgIpc) is 3.09. The van der Waals surface area contributed by atoms with E-state index in [9.17, 15) is 4.79 Å². The van der Waals surface area contributed by atoms with E-state index < -0.39 is 0 Å². The van der Waals surface area contributed by atoms with Crippen LogP contribution in [0.15, 0.2) is 53.1 Å². The molecule has 0 radical (unpaired) electrons. The SMILES string of the molecule is Cc1ccc(-c2noc(CCC(=O)OCc3ccc(Cl)cc3)n2)cc1. The first-order valence-electron chi connectivity index (χ1n) is 7.90. The standard InChI is InChI=1S/C19H17ClN2O3/c1-13-2-6-15(7-3-13)19-21-17(25-22-19)10-11-18(23)24-12-14-4-8-16(20)9-5-14/h2-9H,10-12H2,1H3. The van der Waals surface area contributed by atoms with Crippen LogP contribution in [0.4, 0.5) is 0 Å². The fourth-order valence-electron chi connectivity index (χ4n) is 2.20. The molecule has 25 heavy (non-hydrogen) atoms. The zero-order valence-corrected chi connectivity index (χ0v) is 14.5. The molecule has 5 nitrogen and oxygen atoms in total. The number of halogens is 1. The predicted octanol–water partition coefficient (Wildman–Crippen LogP) is 4.37. The summed E-state index contributed by atoms with van der Waals surface area (Å²) < 4.78 is 10.4. The number of aryl methyl sites for hydroxylation is 2. The third-order valence-corrected chi connectivity index (χ3v) is 3.89. The number of rotatable bonds is 6. The van der Waals surface area contributed by atoms with Gasteiger partial charge in [-0.1, -0.05) is 58.7 Å². The van der Waals surface area contributed by atoms with Gasteiger partial charge in [-0.15, -0.1) is 0 Å². The highest BCUT2D eigenvalue weighted by atomic mass is 35.5. The molecule has 0 saturated heterocycles. The third-order valence-electron chi connectivity index (χ3n) is 3.63. The largest absolute Gasteiger partial charge is 0.461 e. The number of benzene rings is 2. The molecule has 1 aromatic heterocycles. The van der Waals surface area contributed by atoms with Crippen molar-refractivity contribution in [2.24, 2.45) is 0 Å². The Labute approximate surface area is 150 Å². The Bertz CT molecular complexity index is 842. The molecule has 2 aromatic carbocycles. The van der Waals surface area contributed by atoms with E-state index in [1.165, 1.54) is 0 Å². The lowest BCUT2D eigenvalue weighted by molar-refractivity contribution is -0.145. The van der Waals surface area contributed by atoms with Crippen molar-refractivity contribution in [2.75, 3.05) is 0 Å². The number of hydrogen-bond acceptors (Lipinski definition) is 5. The van der Waals surface area contributed by atoms with E-state index in [1.54, 1.807) is 12.1 Å². The summed E-state index contributed by atoms with van der Waals surface area (Å²) in [5.41, 5.74) is 2.93. The summed E-state index contributed by atoms with van der Waals surface area (Å²) in [6.07, 6.45) is 0.529. The fourth-order valence-corrected chi connectivity index (χ4v) is 2.33. The summed E-state index contributed by atoms with van der Waals surface area (Å²) in [6, 6.07) is 15.0. The van der Waals surface area contributed by atoms with Gasteiger partial charge in [0.25, 0.3) is 0 Å². The van der Waals surface area contributed by atoms with Crippen molar-refractivity contribution in [3.63, 3.8) is 0 Å². The van der Waals surface area contributed by atoms with Crippen molar-refractivity contribution in [3.05, 3.63) is 70.6 Å². The molecule has 1 heterocycles. The summed E-state index contributed by atoms with van der Waals surface area (Å²) in [4.78, 5) is 16.1. The molecule has 0 amide bonds. The molecule has 3 aromatic rings. The van der Waals surface area contributed by atoms with Gasteiger partial charge in [-0.2, -0.15) is 4.98 Å². The molecule has 0 fully saturated rings. The second kappa shape index (κ2) is 7.94. The van der Waals surface area contributed by atoms with Crippen molar-refractivity contribution < 1.29 is 14.1 Å². The van der Waals surface area contributed by atoms with Gasteiger partial charge in [-0.3, -0.25) is 4.79 Å². The Balaban J connectivity index is 1.49. The fraction of sp³-hybridized carbons (Fsp3) is 0.211. The minimum atomic E-state index is -0.315. The van der Waals surface area contributed by atoms with Gasteiger partial charge in [0.15, 0.2) is 0 Å². The highest BCUT2D eigenvalue weighted by molar-refractivity contribution is 6.30. The van der Waals surface area contributed by atoms with Gasteiger partial charge in [0.05, 0.1) is 6.42 Å². The maximum absolute atomic E-state index is 11.8. The Morgan fingerprint density at radius 2 is 1.84 bits per heavy atom. The van der Waals surface area contributed by atoms with Crippen molar-refractivity contribution in [1.82, 2.24) is 10.1 Å². The van der Waals surface area contributed by atoms with Crippen LogP contribution in [0.1, 0.15) is 23.4 Å². The normalized spacial score (nSPS) is 10.6. The molecule has 128 valence electrons. The van der Waals surface area contributed by atoms with Crippen molar-refractivity contribution in [3.8, 4) is 11.4 Å². The van der Waals surface area contributed by atoms with Crippen LogP contribution < -0.4 is 0 Å². The molecule has 0 saturated carbocycles.